The van der Waals surface area contributed by atoms with Gasteiger partial charge in [-0.1, -0.05) is 48.0 Å². The molecule has 5 rings (SSSR count). The van der Waals surface area contributed by atoms with Gasteiger partial charge in [-0.3, -0.25) is 14.4 Å². The zero-order chi connectivity index (χ0) is 23.9. The lowest BCUT2D eigenvalue weighted by atomic mass is 9.78. The summed E-state index contributed by atoms with van der Waals surface area (Å²) in [7, 11) is 0. The van der Waals surface area contributed by atoms with E-state index in [0.29, 0.717) is 30.3 Å². The average molecular weight is 503 g/mol. The van der Waals surface area contributed by atoms with E-state index in [0.717, 1.165) is 12.8 Å². The van der Waals surface area contributed by atoms with Gasteiger partial charge in [0.15, 0.2) is 0 Å². The SMILES string of the molecule is O=C1OCCC/C=C\[C@H]2S[C@]34C=CCN(c5ccccc5Cl)C(=O)C3N(CCCO)C(=O)[C@@H]4[C@@H]12. The highest BCUT2D eigenvalue weighted by molar-refractivity contribution is 8.02. The molecule has 2 saturated heterocycles. The van der Waals surface area contributed by atoms with Gasteiger partial charge in [0.1, 0.15) is 6.04 Å². The smallest absolute Gasteiger partial charge is 0.311 e. The van der Waals surface area contributed by atoms with Crippen LogP contribution in [0.1, 0.15) is 19.3 Å². The third-order valence-corrected chi connectivity index (χ3v) is 9.12. The van der Waals surface area contributed by atoms with Crippen LogP contribution in [0, 0.1) is 11.8 Å². The molecule has 1 aromatic carbocycles. The maximum Gasteiger partial charge on any atom is 0.311 e. The molecule has 1 unspecified atom stereocenters. The number of amides is 2. The number of para-hydroxylation sites is 1. The molecular formula is C25H27ClN2O5S. The monoisotopic (exact) mass is 502 g/mol. The number of thioether (sulfide) groups is 1. The van der Waals surface area contributed by atoms with Crippen LogP contribution < -0.4 is 4.90 Å². The van der Waals surface area contributed by atoms with E-state index in [1.54, 1.807) is 28.0 Å². The quantitative estimate of drug-likeness (QED) is 0.503. The number of carbonyl (C=O) groups excluding carboxylic acids is 3. The fourth-order valence-corrected chi connectivity index (χ4v) is 7.86. The van der Waals surface area contributed by atoms with Crippen molar-refractivity contribution in [2.45, 2.75) is 35.3 Å². The van der Waals surface area contributed by atoms with Crippen molar-refractivity contribution in [3.05, 3.63) is 53.6 Å². The van der Waals surface area contributed by atoms with Crippen molar-refractivity contribution in [3.8, 4) is 0 Å². The topological polar surface area (TPSA) is 87.2 Å². The first kappa shape index (κ1) is 23.5. The number of aliphatic hydroxyl groups is 1. The first-order valence-electron chi connectivity index (χ1n) is 11.7. The summed E-state index contributed by atoms with van der Waals surface area (Å²) < 4.78 is 4.65. The summed E-state index contributed by atoms with van der Waals surface area (Å²) in [6.07, 6.45) is 9.80. The largest absolute Gasteiger partial charge is 0.465 e. The van der Waals surface area contributed by atoms with Crippen LogP contribution in [-0.4, -0.2) is 70.1 Å². The van der Waals surface area contributed by atoms with Crippen molar-refractivity contribution in [2.24, 2.45) is 11.8 Å². The van der Waals surface area contributed by atoms with Gasteiger partial charge in [-0.05, 0) is 31.4 Å². The Balaban J connectivity index is 1.61. The maximum atomic E-state index is 14.1. The Kier molecular flexibility index (Phi) is 6.48. The van der Waals surface area contributed by atoms with Gasteiger partial charge < -0.3 is 19.6 Å². The Bertz CT molecular complexity index is 1060. The summed E-state index contributed by atoms with van der Waals surface area (Å²) in [5.41, 5.74) is 0.582. The van der Waals surface area contributed by atoms with Crippen LogP contribution in [0.15, 0.2) is 48.6 Å². The van der Waals surface area contributed by atoms with Crippen LogP contribution in [-0.2, 0) is 19.1 Å². The summed E-state index contributed by atoms with van der Waals surface area (Å²) in [6.45, 7) is 0.761. The molecule has 4 aliphatic rings. The Hall–Kier alpha value is -2.29. The minimum Gasteiger partial charge on any atom is -0.465 e. The zero-order valence-corrected chi connectivity index (χ0v) is 20.2. The minimum atomic E-state index is -0.905. The molecule has 1 N–H and O–H groups in total. The Morgan fingerprint density at radius 2 is 2.00 bits per heavy atom. The number of likely N-dealkylation sites (tertiary alicyclic amines) is 1. The predicted molar refractivity (Wildman–Crippen MR) is 131 cm³/mol. The van der Waals surface area contributed by atoms with E-state index in [4.69, 9.17) is 16.3 Å². The van der Waals surface area contributed by atoms with Crippen LogP contribution in [0.4, 0.5) is 5.69 Å². The van der Waals surface area contributed by atoms with Gasteiger partial charge in [-0.15, -0.1) is 11.8 Å². The number of hydrogen-bond acceptors (Lipinski definition) is 6. The molecule has 0 saturated carbocycles. The highest BCUT2D eigenvalue weighted by atomic mass is 35.5. The molecule has 5 atom stereocenters. The lowest BCUT2D eigenvalue weighted by molar-refractivity contribution is -0.153. The van der Waals surface area contributed by atoms with Crippen molar-refractivity contribution < 1.29 is 24.2 Å². The van der Waals surface area contributed by atoms with Crippen LogP contribution in [0.5, 0.6) is 0 Å². The number of nitrogens with zero attached hydrogens (tertiary/aromatic N) is 2. The van der Waals surface area contributed by atoms with Gasteiger partial charge in [0.05, 0.1) is 33.9 Å². The van der Waals surface area contributed by atoms with Gasteiger partial charge in [-0.2, -0.15) is 0 Å². The molecular weight excluding hydrogens is 476 g/mol. The number of hydrogen-bond donors (Lipinski definition) is 1. The number of halogens is 1. The predicted octanol–water partition coefficient (Wildman–Crippen LogP) is 2.82. The fraction of sp³-hybridized carbons (Fsp3) is 0.480. The van der Waals surface area contributed by atoms with Crippen molar-refractivity contribution in [3.63, 3.8) is 0 Å². The molecule has 0 aliphatic carbocycles. The molecule has 2 amide bonds. The lowest BCUT2D eigenvalue weighted by Crippen LogP contribution is -2.53. The average Bonchev–Trinajstić information content (AvgIpc) is 3.23. The number of cyclic esters (lactones) is 1. The molecule has 0 aromatic heterocycles. The third-order valence-electron chi connectivity index (χ3n) is 7.05. The number of allylic oxidation sites excluding steroid dienone is 1. The number of aliphatic hydroxyl groups excluding tert-OH is 1. The Morgan fingerprint density at radius 1 is 1.18 bits per heavy atom. The minimum absolute atomic E-state index is 0.101. The molecule has 34 heavy (non-hydrogen) atoms. The fourth-order valence-electron chi connectivity index (χ4n) is 5.62. The number of anilines is 1. The van der Waals surface area contributed by atoms with Gasteiger partial charge >= 0.3 is 5.97 Å². The first-order valence-corrected chi connectivity index (χ1v) is 12.9. The Labute approximate surface area is 207 Å². The summed E-state index contributed by atoms with van der Waals surface area (Å²) >= 11 is 7.95. The number of fused-ring (bicyclic) bond motifs is 2. The molecule has 4 aliphatic heterocycles. The highest BCUT2D eigenvalue weighted by Gasteiger charge is 2.70. The summed E-state index contributed by atoms with van der Waals surface area (Å²) in [6, 6.07) is 6.33. The van der Waals surface area contributed by atoms with E-state index in [2.05, 4.69) is 0 Å². The first-order chi connectivity index (χ1) is 16.5. The zero-order valence-electron chi connectivity index (χ0n) is 18.6. The number of rotatable bonds is 4. The molecule has 9 heteroatoms. The van der Waals surface area contributed by atoms with E-state index in [1.165, 1.54) is 11.8 Å². The molecule has 1 spiro atoms. The van der Waals surface area contributed by atoms with E-state index >= 15 is 0 Å². The van der Waals surface area contributed by atoms with Gasteiger partial charge in [0, 0.05) is 24.9 Å². The van der Waals surface area contributed by atoms with Crippen molar-refractivity contribution >= 4 is 46.8 Å². The van der Waals surface area contributed by atoms with Crippen LogP contribution in [0.3, 0.4) is 0 Å². The van der Waals surface area contributed by atoms with Gasteiger partial charge in [-0.25, -0.2) is 0 Å². The maximum absolute atomic E-state index is 14.1. The molecule has 0 bridgehead atoms. The van der Waals surface area contributed by atoms with E-state index < -0.39 is 22.6 Å². The van der Waals surface area contributed by atoms with E-state index in [-0.39, 0.29) is 36.2 Å². The molecule has 7 nitrogen and oxygen atoms in total. The Morgan fingerprint density at radius 3 is 2.79 bits per heavy atom. The van der Waals surface area contributed by atoms with Crippen LogP contribution in [0.2, 0.25) is 5.02 Å². The summed E-state index contributed by atoms with van der Waals surface area (Å²) in [5.74, 6) is -2.23. The van der Waals surface area contributed by atoms with E-state index in [1.807, 2.05) is 30.4 Å². The second kappa shape index (κ2) is 9.40. The van der Waals surface area contributed by atoms with Crippen LogP contribution >= 0.6 is 23.4 Å². The molecule has 180 valence electrons. The summed E-state index contributed by atoms with van der Waals surface area (Å²) in [4.78, 5) is 44.4. The lowest BCUT2D eigenvalue weighted by Gasteiger charge is -2.35. The molecule has 4 heterocycles. The second-order valence-corrected chi connectivity index (χ2v) is 10.9. The van der Waals surface area contributed by atoms with Crippen molar-refractivity contribution in [2.75, 3.05) is 31.2 Å². The summed E-state index contributed by atoms with van der Waals surface area (Å²) in [5, 5.41) is 9.67. The van der Waals surface area contributed by atoms with Crippen molar-refractivity contribution in [1.82, 2.24) is 4.90 Å². The third kappa shape index (κ3) is 3.67. The van der Waals surface area contributed by atoms with Gasteiger partial charge in [0.25, 0.3) is 5.91 Å². The normalized spacial score (nSPS) is 33.9. The number of esters is 1. The standard InChI is InChI=1S/C25H27ClN2O5S/c26-16-8-3-4-9-17(16)27-12-6-11-25-20(22(30)28(13-7-14-29)21(25)23(27)31)19-18(34-25)10-2-1-5-15-33-24(19)32/h2-4,6,8-11,18-21,29H,1,5,7,12-15H2/b10-2-/t18-,19+,20+,21?,25+/m1/s1. The molecule has 2 fully saturated rings. The number of benzene rings is 1. The highest BCUT2D eigenvalue weighted by Crippen LogP contribution is 2.60. The molecule has 1 aromatic rings. The van der Waals surface area contributed by atoms with Crippen molar-refractivity contribution in [1.29, 1.82) is 0 Å². The number of carbonyl (C=O) groups is 3. The van der Waals surface area contributed by atoms with E-state index in [9.17, 15) is 19.5 Å². The molecule has 0 radical (unpaired) electrons. The van der Waals surface area contributed by atoms with Gasteiger partial charge in [0.2, 0.25) is 5.91 Å². The van der Waals surface area contributed by atoms with Crippen LogP contribution in [0.25, 0.3) is 0 Å². The number of ether oxygens (including phenoxy) is 1. The second-order valence-electron chi connectivity index (χ2n) is 8.99.